The third kappa shape index (κ3) is 3.39. The largest absolute Gasteiger partial charge is 0.493 e. The Morgan fingerprint density at radius 3 is 2.69 bits per heavy atom. The van der Waals surface area contributed by atoms with Crippen molar-refractivity contribution < 1.29 is 9.47 Å². The number of ether oxygens (including phenoxy) is 2. The SMILES string of the molecule is COc1cc([C@H]2c3sc(=O)[nH]c3SC3C4CCC(C4)C32)ccc1OCc1ccc(C)cc1. The number of nitrogens with one attached hydrogen (secondary N) is 1. The summed E-state index contributed by atoms with van der Waals surface area (Å²) in [5, 5.41) is 1.71. The molecule has 1 aliphatic heterocycles. The quantitative estimate of drug-likeness (QED) is 0.503. The summed E-state index contributed by atoms with van der Waals surface area (Å²) in [6.07, 6.45) is 4.00. The van der Waals surface area contributed by atoms with E-state index in [0.29, 0.717) is 17.8 Å². The molecule has 166 valence electrons. The first kappa shape index (κ1) is 20.4. The van der Waals surface area contributed by atoms with Crippen molar-refractivity contribution in [3.05, 3.63) is 73.7 Å². The number of thioether (sulfide) groups is 1. The Hall–Kier alpha value is -2.18. The van der Waals surface area contributed by atoms with E-state index < -0.39 is 0 Å². The number of rotatable bonds is 5. The fourth-order valence-corrected chi connectivity index (χ4v) is 8.96. The van der Waals surface area contributed by atoms with E-state index in [2.05, 4.69) is 48.3 Å². The van der Waals surface area contributed by atoms with Crippen LogP contribution in [0.2, 0.25) is 0 Å². The molecular formula is C26H27NO3S2. The number of aromatic nitrogens is 1. The average Bonchev–Trinajstić information content (AvgIpc) is 3.51. The van der Waals surface area contributed by atoms with Gasteiger partial charge in [0.05, 0.1) is 12.1 Å². The fourth-order valence-electron chi connectivity index (χ4n) is 6.06. The van der Waals surface area contributed by atoms with Crippen LogP contribution in [0.3, 0.4) is 0 Å². The van der Waals surface area contributed by atoms with Crippen LogP contribution in [0.1, 0.15) is 46.7 Å². The summed E-state index contributed by atoms with van der Waals surface area (Å²) in [6.45, 7) is 2.59. The highest BCUT2D eigenvalue weighted by Crippen LogP contribution is 2.63. The summed E-state index contributed by atoms with van der Waals surface area (Å²) in [5.41, 5.74) is 3.62. The zero-order valence-electron chi connectivity index (χ0n) is 18.3. The van der Waals surface area contributed by atoms with E-state index in [4.69, 9.17) is 9.47 Å². The van der Waals surface area contributed by atoms with Crippen molar-refractivity contribution in [3.8, 4) is 11.5 Å². The van der Waals surface area contributed by atoms with Gasteiger partial charge in [-0.15, -0.1) is 11.8 Å². The highest BCUT2D eigenvalue weighted by molar-refractivity contribution is 8.00. The molecule has 0 spiro atoms. The lowest BCUT2D eigenvalue weighted by Crippen LogP contribution is -2.33. The number of hydrogen-bond donors (Lipinski definition) is 1. The van der Waals surface area contributed by atoms with Crippen LogP contribution in [0, 0.1) is 24.7 Å². The number of fused-ring (bicyclic) bond motifs is 6. The molecule has 5 atom stereocenters. The van der Waals surface area contributed by atoms with Crippen molar-refractivity contribution in [2.24, 2.45) is 17.8 Å². The molecule has 0 amide bonds. The van der Waals surface area contributed by atoms with E-state index in [1.54, 1.807) is 7.11 Å². The van der Waals surface area contributed by atoms with Gasteiger partial charge in [-0.05, 0) is 67.2 Å². The number of aryl methyl sites for hydroxylation is 1. The molecule has 1 aromatic heterocycles. The van der Waals surface area contributed by atoms with Gasteiger partial charge in [0.15, 0.2) is 11.5 Å². The van der Waals surface area contributed by atoms with Crippen LogP contribution in [-0.2, 0) is 6.61 Å². The van der Waals surface area contributed by atoms with Crippen molar-refractivity contribution in [1.29, 1.82) is 0 Å². The van der Waals surface area contributed by atoms with Gasteiger partial charge in [0, 0.05) is 16.0 Å². The van der Waals surface area contributed by atoms with Crippen LogP contribution in [0.4, 0.5) is 0 Å². The van der Waals surface area contributed by atoms with E-state index in [1.807, 2.05) is 17.8 Å². The first-order chi connectivity index (χ1) is 15.6. The third-order valence-electron chi connectivity index (χ3n) is 7.53. The molecule has 2 fully saturated rings. The molecule has 4 unspecified atom stereocenters. The predicted octanol–water partition coefficient (Wildman–Crippen LogP) is 5.98. The molecule has 6 heteroatoms. The topological polar surface area (TPSA) is 51.3 Å². The second-order valence-corrected chi connectivity index (χ2v) is 11.6. The van der Waals surface area contributed by atoms with Crippen LogP contribution in [0.5, 0.6) is 11.5 Å². The number of benzene rings is 2. The van der Waals surface area contributed by atoms with E-state index in [1.165, 1.54) is 46.6 Å². The van der Waals surface area contributed by atoms with Gasteiger partial charge < -0.3 is 14.5 Å². The van der Waals surface area contributed by atoms with Crippen molar-refractivity contribution >= 4 is 23.1 Å². The Kier molecular flexibility index (Phi) is 5.10. The van der Waals surface area contributed by atoms with Gasteiger partial charge in [0.1, 0.15) is 6.61 Å². The molecule has 2 bridgehead atoms. The van der Waals surface area contributed by atoms with Gasteiger partial charge >= 0.3 is 4.87 Å². The molecule has 3 aliphatic rings. The Bertz CT molecular complexity index is 1200. The minimum absolute atomic E-state index is 0.0600. The van der Waals surface area contributed by atoms with Gasteiger partial charge in [0.25, 0.3) is 0 Å². The van der Waals surface area contributed by atoms with Gasteiger partial charge in [-0.2, -0.15) is 0 Å². The van der Waals surface area contributed by atoms with Crippen LogP contribution in [0.15, 0.2) is 52.3 Å². The minimum Gasteiger partial charge on any atom is -0.493 e. The predicted molar refractivity (Wildman–Crippen MR) is 129 cm³/mol. The number of hydrogen-bond acceptors (Lipinski definition) is 5. The molecule has 2 aromatic carbocycles. The van der Waals surface area contributed by atoms with Gasteiger partial charge in [-0.1, -0.05) is 47.2 Å². The number of aromatic amines is 1. The molecule has 4 nitrogen and oxygen atoms in total. The smallest absolute Gasteiger partial charge is 0.305 e. The lowest BCUT2D eigenvalue weighted by atomic mass is 9.75. The minimum atomic E-state index is 0.0600. The number of thiazole rings is 1. The average molecular weight is 466 g/mol. The van der Waals surface area contributed by atoms with Crippen molar-refractivity contribution in [1.82, 2.24) is 4.98 Å². The summed E-state index contributed by atoms with van der Waals surface area (Å²) in [4.78, 5) is 16.6. The van der Waals surface area contributed by atoms with E-state index >= 15 is 0 Å². The number of H-pyrrole nitrogens is 1. The monoisotopic (exact) mass is 465 g/mol. The molecule has 2 heterocycles. The summed E-state index contributed by atoms with van der Waals surface area (Å²) in [6, 6.07) is 14.8. The standard InChI is InChI=1S/C26H27NO3S2/c1-14-3-5-15(6-4-14)13-30-19-10-9-17(12-20(19)29-2)22-21-16-7-8-18(11-16)23(21)31-25-24(22)32-26(28)27-25/h3-6,9-10,12,16,18,21-23H,7-8,11,13H2,1-2H3,(H,27,28)/t16?,18?,21?,22-,23?/m1/s1. The second kappa shape index (κ2) is 7.99. The summed E-state index contributed by atoms with van der Waals surface area (Å²) >= 11 is 3.32. The van der Waals surface area contributed by atoms with E-state index in [9.17, 15) is 4.79 Å². The fraction of sp³-hybridized carbons (Fsp3) is 0.423. The molecule has 2 aliphatic carbocycles. The second-order valence-electron chi connectivity index (χ2n) is 9.36. The van der Waals surface area contributed by atoms with Crippen LogP contribution >= 0.6 is 23.1 Å². The summed E-state index contributed by atoms with van der Waals surface area (Å²) in [7, 11) is 1.70. The van der Waals surface area contributed by atoms with Crippen LogP contribution in [0.25, 0.3) is 0 Å². The summed E-state index contributed by atoms with van der Waals surface area (Å²) in [5.74, 6) is 3.92. The summed E-state index contributed by atoms with van der Waals surface area (Å²) < 4.78 is 11.9. The Morgan fingerprint density at radius 2 is 1.88 bits per heavy atom. The maximum Gasteiger partial charge on any atom is 0.305 e. The molecule has 0 radical (unpaired) electrons. The molecule has 1 N–H and O–H groups in total. The first-order valence-electron chi connectivity index (χ1n) is 11.4. The maximum atomic E-state index is 12.3. The molecule has 3 aromatic rings. The highest BCUT2D eigenvalue weighted by atomic mass is 32.2. The Balaban J connectivity index is 1.33. The van der Waals surface area contributed by atoms with Gasteiger partial charge in [-0.3, -0.25) is 4.79 Å². The molecule has 2 saturated carbocycles. The normalized spacial score (nSPS) is 27.8. The molecular weight excluding hydrogens is 438 g/mol. The van der Waals surface area contributed by atoms with Crippen molar-refractivity contribution in [3.63, 3.8) is 0 Å². The van der Waals surface area contributed by atoms with Gasteiger partial charge in [-0.25, -0.2) is 0 Å². The van der Waals surface area contributed by atoms with E-state index in [-0.39, 0.29) is 10.8 Å². The Morgan fingerprint density at radius 1 is 1.06 bits per heavy atom. The zero-order valence-corrected chi connectivity index (χ0v) is 19.9. The van der Waals surface area contributed by atoms with Crippen LogP contribution < -0.4 is 14.3 Å². The third-order valence-corrected chi connectivity index (χ3v) is 10.2. The lowest BCUT2D eigenvalue weighted by molar-refractivity contribution is 0.282. The van der Waals surface area contributed by atoms with Gasteiger partial charge in [0.2, 0.25) is 0 Å². The van der Waals surface area contributed by atoms with Crippen LogP contribution in [-0.4, -0.2) is 17.3 Å². The van der Waals surface area contributed by atoms with Crippen molar-refractivity contribution in [2.45, 2.75) is 49.0 Å². The number of methoxy groups -OCH3 is 1. The van der Waals surface area contributed by atoms with Crippen molar-refractivity contribution in [2.75, 3.05) is 7.11 Å². The van der Waals surface area contributed by atoms with E-state index in [0.717, 1.165) is 33.9 Å². The molecule has 32 heavy (non-hydrogen) atoms. The molecule has 0 saturated heterocycles. The first-order valence-corrected chi connectivity index (χ1v) is 13.1. The zero-order chi connectivity index (χ0) is 21.8. The highest BCUT2D eigenvalue weighted by Gasteiger charge is 2.54. The molecule has 6 rings (SSSR count). The lowest BCUT2D eigenvalue weighted by Gasteiger charge is -2.40. The Labute approximate surface area is 196 Å². The maximum absolute atomic E-state index is 12.3.